The predicted molar refractivity (Wildman–Crippen MR) is 69.1 cm³/mol. The highest BCUT2D eigenvalue weighted by Gasteiger charge is 2.11. The van der Waals surface area contributed by atoms with E-state index in [9.17, 15) is 9.18 Å². The van der Waals surface area contributed by atoms with Crippen LogP contribution >= 0.6 is 11.6 Å². The number of nitrogens with two attached hydrogens (primary N) is 2. The van der Waals surface area contributed by atoms with Crippen LogP contribution in [0.15, 0.2) is 12.1 Å². The number of hydrogen-bond acceptors (Lipinski definition) is 4. The van der Waals surface area contributed by atoms with Crippen molar-refractivity contribution in [1.82, 2.24) is 9.55 Å². The molecule has 19 heavy (non-hydrogen) atoms. The molecule has 2 rings (SSSR count). The van der Waals surface area contributed by atoms with E-state index in [2.05, 4.69) is 4.98 Å². The Morgan fingerprint density at radius 2 is 2.26 bits per heavy atom. The maximum absolute atomic E-state index is 13.4. The molecule has 4 N–H and O–H groups in total. The maximum Gasteiger partial charge on any atom is 0.243 e. The number of amides is 1. The summed E-state index contributed by atoms with van der Waals surface area (Å²) in [6, 6.07) is 2.67. The summed E-state index contributed by atoms with van der Waals surface area (Å²) in [5.41, 5.74) is 11.7. The fraction of sp³-hybridized carbons (Fsp3) is 0.273. The molecule has 0 unspecified atom stereocenters. The number of primary amides is 1. The van der Waals surface area contributed by atoms with Crippen LogP contribution in [0.25, 0.3) is 11.0 Å². The van der Waals surface area contributed by atoms with E-state index >= 15 is 0 Å². The molecule has 1 aromatic carbocycles. The third-order valence-electron chi connectivity index (χ3n) is 2.52. The molecule has 0 aliphatic rings. The van der Waals surface area contributed by atoms with E-state index in [4.69, 9.17) is 27.8 Å². The first kappa shape index (κ1) is 13.6. The highest BCUT2D eigenvalue weighted by atomic mass is 35.5. The monoisotopic (exact) mass is 286 g/mol. The molecule has 1 heterocycles. The summed E-state index contributed by atoms with van der Waals surface area (Å²) < 4.78 is 20.0. The zero-order chi connectivity index (χ0) is 14.0. The van der Waals surface area contributed by atoms with Crippen molar-refractivity contribution in [3.05, 3.63) is 23.0 Å². The summed E-state index contributed by atoms with van der Waals surface area (Å²) in [7, 11) is 0. The van der Waals surface area contributed by atoms with Crippen LogP contribution in [-0.2, 0) is 16.1 Å². The Labute approximate surface area is 113 Å². The Hall–Kier alpha value is -1.86. The number of ether oxygens (including phenoxy) is 1. The number of nitrogen functional groups attached to an aromatic ring is 1. The summed E-state index contributed by atoms with van der Waals surface area (Å²) in [5.74, 6) is -0.881. The number of carbonyl (C=O) groups is 1. The van der Waals surface area contributed by atoms with E-state index in [0.29, 0.717) is 17.6 Å². The molecule has 0 aliphatic heterocycles. The lowest BCUT2D eigenvalue weighted by molar-refractivity contribution is -0.122. The summed E-state index contributed by atoms with van der Waals surface area (Å²) >= 11 is 5.67. The molecule has 6 nitrogen and oxygen atoms in total. The lowest BCUT2D eigenvalue weighted by Crippen LogP contribution is -2.20. The van der Waals surface area contributed by atoms with Gasteiger partial charge in [-0.15, -0.1) is 0 Å². The number of nitrogens with zero attached hydrogens (tertiary/aromatic N) is 2. The van der Waals surface area contributed by atoms with Gasteiger partial charge in [0.1, 0.15) is 12.4 Å². The van der Waals surface area contributed by atoms with Crippen molar-refractivity contribution in [2.45, 2.75) is 6.54 Å². The molecule has 0 radical (unpaired) electrons. The topological polar surface area (TPSA) is 96.2 Å². The first-order valence-corrected chi connectivity index (χ1v) is 5.83. The lowest BCUT2D eigenvalue weighted by Gasteiger charge is -2.06. The van der Waals surface area contributed by atoms with Gasteiger partial charge in [-0.05, 0) is 6.07 Å². The van der Waals surface area contributed by atoms with Gasteiger partial charge in [0.25, 0.3) is 0 Å². The van der Waals surface area contributed by atoms with Crippen molar-refractivity contribution in [1.29, 1.82) is 0 Å². The molecule has 102 valence electrons. The van der Waals surface area contributed by atoms with Gasteiger partial charge < -0.3 is 20.8 Å². The van der Waals surface area contributed by atoms with Crippen LogP contribution in [0.1, 0.15) is 0 Å². The highest BCUT2D eigenvalue weighted by Crippen LogP contribution is 2.24. The number of aromatic nitrogens is 2. The van der Waals surface area contributed by atoms with Crippen LogP contribution in [0.2, 0.25) is 5.02 Å². The number of imidazole rings is 1. The number of benzene rings is 1. The standard InChI is InChI=1S/C11H12ClFN4O2/c12-6-3-8-9(4-7(6)13)17(11(15)16-8)1-2-19-5-10(14)18/h3-4H,1-2,5H2,(H2,14,18)(H2,15,16). The van der Waals surface area contributed by atoms with Crippen molar-refractivity contribution >= 4 is 34.5 Å². The van der Waals surface area contributed by atoms with Crippen LogP contribution in [0.5, 0.6) is 0 Å². The molecule has 0 saturated heterocycles. The van der Waals surface area contributed by atoms with E-state index in [1.54, 1.807) is 4.57 Å². The van der Waals surface area contributed by atoms with Crippen molar-refractivity contribution in [3.63, 3.8) is 0 Å². The molecular weight excluding hydrogens is 275 g/mol. The van der Waals surface area contributed by atoms with Gasteiger partial charge in [0.2, 0.25) is 11.9 Å². The molecule has 0 spiro atoms. The van der Waals surface area contributed by atoms with Crippen molar-refractivity contribution in [2.75, 3.05) is 18.9 Å². The highest BCUT2D eigenvalue weighted by molar-refractivity contribution is 6.31. The minimum Gasteiger partial charge on any atom is -0.370 e. The van der Waals surface area contributed by atoms with E-state index in [-0.39, 0.29) is 24.2 Å². The van der Waals surface area contributed by atoms with E-state index in [1.165, 1.54) is 12.1 Å². The Balaban J connectivity index is 2.20. The van der Waals surface area contributed by atoms with E-state index in [0.717, 1.165) is 0 Å². The minimum absolute atomic E-state index is 0.0119. The quantitative estimate of drug-likeness (QED) is 0.799. The van der Waals surface area contributed by atoms with Gasteiger partial charge in [0.05, 0.1) is 22.7 Å². The smallest absolute Gasteiger partial charge is 0.243 e. The molecule has 0 bridgehead atoms. The number of rotatable bonds is 5. The molecule has 0 fully saturated rings. The normalized spacial score (nSPS) is 11.1. The van der Waals surface area contributed by atoms with Gasteiger partial charge >= 0.3 is 0 Å². The van der Waals surface area contributed by atoms with E-state index < -0.39 is 11.7 Å². The number of hydrogen-bond donors (Lipinski definition) is 2. The molecule has 2 aromatic rings. The Kier molecular flexibility index (Phi) is 3.87. The van der Waals surface area contributed by atoms with Crippen molar-refractivity contribution in [3.8, 4) is 0 Å². The van der Waals surface area contributed by atoms with Crippen molar-refractivity contribution in [2.24, 2.45) is 5.73 Å². The molecule has 0 saturated carbocycles. The van der Waals surface area contributed by atoms with Crippen LogP contribution in [-0.4, -0.2) is 28.7 Å². The zero-order valence-corrected chi connectivity index (χ0v) is 10.7. The Bertz CT molecular complexity index is 629. The van der Waals surface area contributed by atoms with Gasteiger partial charge in [-0.1, -0.05) is 11.6 Å². The second kappa shape index (κ2) is 5.41. The largest absolute Gasteiger partial charge is 0.370 e. The fourth-order valence-electron chi connectivity index (χ4n) is 1.70. The first-order valence-electron chi connectivity index (χ1n) is 5.46. The van der Waals surface area contributed by atoms with Gasteiger partial charge in [0, 0.05) is 12.6 Å². The van der Waals surface area contributed by atoms with Gasteiger partial charge in [-0.2, -0.15) is 0 Å². The summed E-state index contributed by atoms with van der Waals surface area (Å²) in [5, 5.41) is -0.0119. The van der Waals surface area contributed by atoms with Crippen molar-refractivity contribution < 1.29 is 13.9 Å². The number of fused-ring (bicyclic) bond motifs is 1. The van der Waals surface area contributed by atoms with Crippen LogP contribution in [0, 0.1) is 5.82 Å². The minimum atomic E-state index is -0.554. The van der Waals surface area contributed by atoms with Gasteiger partial charge in [-0.25, -0.2) is 9.37 Å². The molecule has 1 aromatic heterocycles. The number of anilines is 1. The average molecular weight is 287 g/mol. The SMILES string of the molecule is NC(=O)COCCn1c(N)nc2cc(Cl)c(F)cc21. The summed E-state index contributed by atoms with van der Waals surface area (Å²) in [6.45, 7) is 0.367. The maximum atomic E-state index is 13.4. The number of halogens is 2. The Morgan fingerprint density at radius 3 is 2.95 bits per heavy atom. The van der Waals surface area contributed by atoms with E-state index in [1.807, 2.05) is 0 Å². The lowest BCUT2D eigenvalue weighted by atomic mass is 10.3. The van der Waals surface area contributed by atoms with Crippen LogP contribution in [0.4, 0.5) is 10.3 Å². The Morgan fingerprint density at radius 1 is 1.53 bits per heavy atom. The second-order valence-corrected chi connectivity index (χ2v) is 4.30. The number of carbonyl (C=O) groups excluding carboxylic acids is 1. The zero-order valence-electron chi connectivity index (χ0n) is 9.90. The van der Waals surface area contributed by atoms with Crippen LogP contribution < -0.4 is 11.5 Å². The third-order valence-corrected chi connectivity index (χ3v) is 2.81. The average Bonchev–Trinajstić information content (AvgIpc) is 2.61. The van der Waals surface area contributed by atoms with Gasteiger partial charge in [-0.3, -0.25) is 4.79 Å². The summed E-state index contributed by atoms with van der Waals surface area (Å²) in [4.78, 5) is 14.6. The molecular formula is C11H12ClFN4O2. The third kappa shape index (κ3) is 2.94. The summed E-state index contributed by atoms with van der Waals surface area (Å²) in [6.07, 6.45) is 0. The second-order valence-electron chi connectivity index (χ2n) is 3.90. The molecule has 8 heteroatoms. The van der Waals surface area contributed by atoms with Gasteiger partial charge in [0.15, 0.2) is 0 Å². The molecule has 0 aliphatic carbocycles. The molecule has 0 atom stereocenters. The van der Waals surface area contributed by atoms with Crippen LogP contribution in [0.3, 0.4) is 0 Å². The fourth-order valence-corrected chi connectivity index (χ4v) is 1.86. The predicted octanol–water partition coefficient (Wildman–Crippen LogP) is 0.913. The first-order chi connectivity index (χ1) is 8.99. The molecule has 1 amide bonds.